The first-order valence-electron chi connectivity index (χ1n) is 8.79. The Hall–Kier alpha value is -2.61. The van der Waals surface area contributed by atoms with Crippen LogP contribution < -0.4 is 15.4 Å². The number of hydrogen-bond donors (Lipinski definition) is 2. The quantitative estimate of drug-likeness (QED) is 0.605. The largest absolute Gasteiger partial charge is 0.495 e. The third-order valence-corrected chi connectivity index (χ3v) is 3.64. The van der Waals surface area contributed by atoms with Gasteiger partial charge in [-0.2, -0.15) is 0 Å². The summed E-state index contributed by atoms with van der Waals surface area (Å²) in [6.45, 7) is 6.73. The van der Waals surface area contributed by atoms with Gasteiger partial charge in [-0.05, 0) is 24.1 Å². The summed E-state index contributed by atoms with van der Waals surface area (Å²) in [5, 5.41) is 5.48. The fourth-order valence-electron chi connectivity index (χ4n) is 2.58. The minimum atomic E-state index is -0.311. The van der Waals surface area contributed by atoms with Gasteiger partial charge in [0.05, 0.1) is 32.9 Å². The van der Waals surface area contributed by atoms with Crippen molar-refractivity contribution in [3.05, 3.63) is 18.2 Å². The highest BCUT2D eigenvalue weighted by Gasteiger charge is 2.16. The van der Waals surface area contributed by atoms with E-state index in [0.717, 1.165) is 0 Å². The second-order valence-corrected chi connectivity index (χ2v) is 6.60. The lowest BCUT2D eigenvalue weighted by Gasteiger charge is -2.23. The molecule has 0 radical (unpaired) electrons. The zero-order valence-corrected chi connectivity index (χ0v) is 16.6. The van der Waals surface area contributed by atoms with E-state index < -0.39 is 0 Å². The average molecular weight is 379 g/mol. The van der Waals surface area contributed by atoms with E-state index in [0.29, 0.717) is 36.1 Å². The summed E-state index contributed by atoms with van der Waals surface area (Å²) in [5.74, 6) is 0.0755. The van der Waals surface area contributed by atoms with Gasteiger partial charge in [-0.3, -0.25) is 19.3 Å². The molecule has 27 heavy (non-hydrogen) atoms. The molecular weight excluding hydrogens is 350 g/mol. The van der Waals surface area contributed by atoms with E-state index in [9.17, 15) is 14.4 Å². The lowest BCUT2D eigenvalue weighted by atomic mass is 10.2. The Morgan fingerprint density at radius 3 is 2.41 bits per heavy atom. The number of rotatable bonds is 10. The summed E-state index contributed by atoms with van der Waals surface area (Å²) < 4.78 is 9.93. The number of benzene rings is 1. The maximum absolute atomic E-state index is 12.5. The van der Waals surface area contributed by atoms with E-state index in [1.165, 1.54) is 21.1 Å². The molecule has 0 saturated heterocycles. The Balaban J connectivity index is 2.81. The van der Waals surface area contributed by atoms with E-state index in [2.05, 4.69) is 15.4 Å². The SMILES string of the molecule is COC(=O)CCN(CC(=O)Nc1cc(NC(C)=O)ccc1OC)CC(C)C. The van der Waals surface area contributed by atoms with Gasteiger partial charge in [0.2, 0.25) is 11.8 Å². The molecule has 0 spiro atoms. The van der Waals surface area contributed by atoms with Gasteiger partial charge >= 0.3 is 5.97 Å². The number of carbonyl (C=O) groups is 3. The first-order valence-corrected chi connectivity index (χ1v) is 8.79. The molecule has 0 aliphatic heterocycles. The number of esters is 1. The van der Waals surface area contributed by atoms with Crippen molar-refractivity contribution in [2.45, 2.75) is 27.2 Å². The number of amides is 2. The van der Waals surface area contributed by atoms with Gasteiger partial charge in [0.15, 0.2) is 0 Å². The molecule has 0 heterocycles. The summed E-state index contributed by atoms with van der Waals surface area (Å²) >= 11 is 0. The zero-order valence-electron chi connectivity index (χ0n) is 16.6. The number of methoxy groups -OCH3 is 2. The Labute approximate surface area is 160 Å². The van der Waals surface area contributed by atoms with E-state index in [1.54, 1.807) is 18.2 Å². The Morgan fingerprint density at radius 1 is 1.15 bits per heavy atom. The third kappa shape index (κ3) is 8.54. The predicted octanol–water partition coefficient (Wildman–Crippen LogP) is 2.11. The fourth-order valence-corrected chi connectivity index (χ4v) is 2.58. The van der Waals surface area contributed by atoms with E-state index >= 15 is 0 Å². The molecule has 1 rings (SSSR count). The van der Waals surface area contributed by atoms with Crippen LogP contribution in [0.15, 0.2) is 18.2 Å². The van der Waals surface area contributed by atoms with Crippen LogP contribution in [0.2, 0.25) is 0 Å². The molecule has 0 unspecified atom stereocenters. The summed E-state index contributed by atoms with van der Waals surface area (Å²) in [6.07, 6.45) is 0.220. The van der Waals surface area contributed by atoms with Crippen LogP contribution in [-0.4, -0.2) is 56.5 Å². The Bertz CT molecular complexity index is 661. The molecule has 0 saturated carbocycles. The smallest absolute Gasteiger partial charge is 0.306 e. The van der Waals surface area contributed by atoms with Crippen LogP contribution in [0.25, 0.3) is 0 Å². The number of hydrogen-bond acceptors (Lipinski definition) is 6. The van der Waals surface area contributed by atoms with Crippen molar-refractivity contribution in [3.63, 3.8) is 0 Å². The van der Waals surface area contributed by atoms with Gasteiger partial charge in [-0.25, -0.2) is 0 Å². The molecular formula is C19H29N3O5. The molecule has 8 nitrogen and oxygen atoms in total. The molecule has 0 aliphatic carbocycles. The Morgan fingerprint density at radius 2 is 1.85 bits per heavy atom. The highest BCUT2D eigenvalue weighted by Crippen LogP contribution is 2.27. The monoisotopic (exact) mass is 379 g/mol. The van der Waals surface area contributed by atoms with Gasteiger partial charge in [0.1, 0.15) is 5.75 Å². The number of ether oxygens (including phenoxy) is 2. The molecule has 0 aromatic heterocycles. The second kappa shape index (κ2) is 11.2. The van der Waals surface area contributed by atoms with E-state index in [-0.39, 0.29) is 30.7 Å². The maximum Gasteiger partial charge on any atom is 0.306 e. The lowest BCUT2D eigenvalue weighted by Crippen LogP contribution is -2.37. The van der Waals surface area contributed by atoms with Crippen molar-refractivity contribution in [1.82, 2.24) is 4.90 Å². The molecule has 0 fully saturated rings. The second-order valence-electron chi connectivity index (χ2n) is 6.60. The first-order chi connectivity index (χ1) is 12.7. The lowest BCUT2D eigenvalue weighted by molar-refractivity contribution is -0.141. The molecule has 150 valence electrons. The van der Waals surface area contributed by atoms with Crippen LogP contribution in [0.3, 0.4) is 0 Å². The Kier molecular flexibility index (Phi) is 9.29. The molecule has 1 aromatic rings. The molecule has 2 N–H and O–H groups in total. The molecule has 1 aromatic carbocycles. The topological polar surface area (TPSA) is 97.0 Å². The number of nitrogens with one attached hydrogen (secondary N) is 2. The highest BCUT2D eigenvalue weighted by molar-refractivity contribution is 5.95. The van der Waals surface area contributed by atoms with Gasteiger partial charge in [0.25, 0.3) is 0 Å². The van der Waals surface area contributed by atoms with Gasteiger partial charge in [-0.1, -0.05) is 13.8 Å². The first kappa shape index (κ1) is 22.4. The fraction of sp³-hybridized carbons (Fsp3) is 0.526. The normalized spacial score (nSPS) is 10.6. The van der Waals surface area contributed by atoms with Crippen molar-refractivity contribution >= 4 is 29.2 Å². The zero-order chi connectivity index (χ0) is 20.4. The van der Waals surface area contributed by atoms with Crippen LogP contribution in [0, 0.1) is 5.92 Å². The summed E-state index contributed by atoms with van der Waals surface area (Å²) in [7, 11) is 2.85. The minimum Gasteiger partial charge on any atom is -0.495 e. The highest BCUT2D eigenvalue weighted by atomic mass is 16.5. The third-order valence-electron chi connectivity index (χ3n) is 3.64. The van der Waals surface area contributed by atoms with Crippen molar-refractivity contribution in [3.8, 4) is 5.75 Å². The number of anilines is 2. The van der Waals surface area contributed by atoms with Crippen molar-refractivity contribution in [2.24, 2.45) is 5.92 Å². The molecule has 8 heteroatoms. The predicted molar refractivity (Wildman–Crippen MR) is 104 cm³/mol. The van der Waals surface area contributed by atoms with Crippen molar-refractivity contribution in [1.29, 1.82) is 0 Å². The van der Waals surface area contributed by atoms with Crippen LogP contribution in [0.1, 0.15) is 27.2 Å². The summed E-state index contributed by atoms with van der Waals surface area (Å²) in [6, 6.07) is 5.00. The minimum absolute atomic E-state index is 0.128. The molecule has 0 aliphatic rings. The number of nitrogens with zero attached hydrogens (tertiary/aromatic N) is 1. The molecule has 2 amide bonds. The van der Waals surface area contributed by atoms with E-state index in [4.69, 9.17) is 4.74 Å². The van der Waals surface area contributed by atoms with Gasteiger partial charge in [0, 0.05) is 25.7 Å². The maximum atomic E-state index is 12.5. The molecule has 0 bridgehead atoms. The molecule has 0 atom stereocenters. The van der Waals surface area contributed by atoms with Crippen molar-refractivity contribution < 1.29 is 23.9 Å². The standard InChI is InChI=1S/C19H29N3O5/c1-13(2)11-22(9-8-19(25)27-5)12-18(24)21-16-10-15(20-14(3)23)6-7-17(16)26-4/h6-7,10,13H,8-9,11-12H2,1-5H3,(H,20,23)(H,21,24). The number of carbonyl (C=O) groups excluding carboxylic acids is 3. The summed E-state index contributed by atoms with van der Waals surface area (Å²) in [5.41, 5.74) is 1.02. The van der Waals surface area contributed by atoms with Gasteiger partial charge in [-0.15, -0.1) is 0 Å². The average Bonchev–Trinajstić information content (AvgIpc) is 2.58. The van der Waals surface area contributed by atoms with Crippen LogP contribution in [0.5, 0.6) is 5.75 Å². The van der Waals surface area contributed by atoms with E-state index in [1.807, 2.05) is 18.7 Å². The van der Waals surface area contributed by atoms with Crippen LogP contribution in [0.4, 0.5) is 11.4 Å². The van der Waals surface area contributed by atoms with Crippen LogP contribution in [-0.2, 0) is 19.1 Å². The summed E-state index contributed by atoms with van der Waals surface area (Å²) in [4.78, 5) is 37.0. The van der Waals surface area contributed by atoms with Crippen molar-refractivity contribution in [2.75, 3.05) is 44.5 Å². The van der Waals surface area contributed by atoms with Crippen LogP contribution >= 0.6 is 0 Å². The van der Waals surface area contributed by atoms with Gasteiger partial charge < -0.3 is 20.1 Å².